The lowest BCUT2D eigenvalue weighted by Crippen LogP contribution is -2.44. The lowest BCUT2D eigenvalue weighted by Gasteiger charge is -2.35. The van der Waals surface area contributed by atoms with Gasteiger partial charge < -0.3 is 14.1 Å². The SMILES string of the molecule is Cc1nnc([C@H]2CN(CCC(=O)N3CCc4ccccc43)C[C@@H](C)O2)o1. The van der Waals surface area contributed by atoms with Crippen LogP contribution in [0.5, 0.6) is 0 Å². The number of carbonyl (C=O) groups excluding carboxylic acids is 1. The predicted octanol–water partition coefficient (Wildman–Crippen LogP) is 2.12. The lowest BCUT2D eigenvalue weighted by atomic mass is 10.2. The second-order valence-electron chi connectivity index (χ2n) is 7.03. The average Bonchev–Trinajstić information content (AvgIpc) is 3.25. The number of anilines is 1. The maximum Gasteiger partial charge on any atom is 0.246 e. The van der Waals surface area contributed by atoms with Crippen molar-refractivity contribution in [1.82, 2.24) is 15.1 Å². The predicted molar refractivity (Wildman–Crippen MR) is 95.9 cm³/mol. The Morgan fingerprint density at radius 3 is 2.92 bits per heavy atom. The number of carbonyl (C=O) groups is 1. The fraction of sp³-hybridized carbons (Fsp3) is 0.526. The Kier molecular flexibility index (Phi) is 4.74. The van der Waals surface area contributed by atoms with Crippen molar-refractivity contribution in [2.75, 3.05) is 31.1 Å². The minimum atomic E-state index is -0.234. The van der Waals surface area contributed by atoms with Gasteiger partial charge in [-0.3, -0.25) is 9.69 Å². The molecule has 2 aliphatic rings. The first kappa shape index (κ1) is 17.2. The Bertz CT molecular complexity index is 791. The van der Waals surface area contributed by atoms with Crippen LogP contribution in [0.15, 0.2) is 28.7 Å². The van der Waals surface area contributed by atoms with Crippen LogP contribution in [-0.2, 0) is 16.0 Å². The van der Waals surface area contributed by atoms with Crippen LogP contribution in [0.3, 0.4) is 0 Å². The Morgan fingerprint density at radius 2 is 2.12 bits per heavy atom. The molecule has 1 fully saturated rings. The summed E-state index contributed by atoms with van der Waals surface area (Å²) in [5, 5.41) is 7.96. The van der Waals surface area contributed by atoms with Crippen molar-refractivity contribution in [1.29, 1.82) is 0 Å². The summed E-state index contributed by atoms with van der Waals surface area (Å²) in [4.78, 5) is 16.9. The Labute approximate surface area is 152 Å². The maximum atomic E-state index is 12.7. The molecule has 26 heavy (non-hydrogen) atoms. The summed E-state index contributed by atoms with van der Waals surface area (Å²) in [5.41, 5.74) is 2.32. The van der Waals surface area contributed by atoms with Gasteiger partial charge in [-0.15, -0.1) is 10.2 Å². The summed E-state index contributed by atoms with van der Waals surface area (Å²) in [6, 6.07) is 8.15. The molecule has 7 nitrogen and oxygen atoms in total. The van der Waals surface area contributed by atoms with Crippen molar-refractivity contribution >= 4 is 11.6 Å². The highest BCUT2D eigenvalue weighted by atomic mass is 16.5. The lowest BCUT2D eigenvalue weighted by molar-refractivity contribution is -0.120. The molecule has 3 heterocycles. The minimum absolute atomic E-state index is 0.0589. The molecule has 2 aromatic rings. The Hall–Kier alpha value is -2.25. The van der Waals surface area contributed by atoms with Crippen LogP contribution in [0.1, 0.15) is 36.8 Å². The van der Waals surface area contributed by atoms with Gasteiger partial charge in [0.2, 0.25) is 17.7 Å². The zero-order chi connectivity index (χ0) is 18.1. The summed E-state index contributed by atoms with van der Waals surface area (Å²) in [7, 11) is 0. The van der Waals surface area contributed by atoms with Crippen molar-refractivity contribution in [3.63, 3.8) is 0 Å². The van der Waals surface area contributed by atoms with E-state index in [-0.39, 0.29) is 18.1 Å². The van der Waals surface area contributed by atoms with E-state index in [1.807, 2.05) is 30.0 Å². The molecule has 0 saturated carbocycles. The van der Waals surface area contributed by atoms with E-state index < -0.39 is 0 Å². The third kappa shape index (κ3) is 3.50. The van der Waals surface area contributed by atoms with Gasteiger partial charge in [0.25, 0.3) is 0 Å². The van der Waals surface area contributed by atoms with Crippen molar-refractivity contribution in [3.8, 4) is 0 Å². The first-order chi connectivity index (χ1) is 12.6. The zero-order valence-corrected chi connectivity index (χ0v) is 15.2. The smallest absolute Gasteiger partial charge is 0.246 e. The molecule has 1 aromatic carbocycles. The normalized spacial score (nSPS) is 23.2. The fourth-order valence-corrected chi connectivity index (χ4v) is 3.79. The van der Waals surface area contributed by atoms with Crippen LogP contribution < -0.4 is 4.90 Å². The number of benzene rings is 1. The Balaban J connectivity index is 1.36. The van der Waals surface area contributed by atoms with E-state index in [0.717, 1.165) is 25.2 Å². The summed E-state index contributed by atoms with van der Waals surface area (Å²) in [5.74, 6) is 1.23. The van der Waals surface area contributed by atoms with Gasteiger partial charge >= 0.3 is 0 Å². The molecule has 0 spiro atoms. The highest BCUT2D eigenvalue weighted by Crippen LogP contribution is 2.28. The number of aryl methyl sites for hydroxylation is 1. The molecule has 1 saturated heterocycles. The zero-order valence-electron chi connectivity index (χ0n) is 15.2. The molecular formula is C19H24N4O3. The van der Waals surface area contributed by atoms with E-state index in [1.165, 1.54) is 5.56 Å². The van der Waals surface area contributed by atoms with E-state index >= 15 is 0 Å². The topological polar surface area (TPSA) is 71.7 Å². The van der Waals surface area contributed by atoms with Gasteiger partial charge in [0.15, 0.2) is 0 Å². The third-order valence-electron chi connectivity index (χ3n) is 4.98. The fourth-order valence-electron chi connectivity index (χ4n) is 3.79. The number of nitrogens with zero attached hydrogens (tertiary/aromatic N) is 4. The van der Waals surface area contributed by atoms with Crippen LogP contribution >= 0.6 is 0 Å². The molecular weight excluding hydrogens is 332 g/mol. The molecule has 1 amide bonds. The van der Waals surface area contributed by atoms with Crippen molar-refractivity contribution in [3.05, 3.63) is 41.6 Å². The number of aromatic nitrogens is 2. The first-order valence-corrected chi connectivity index (χ1v) is 9.16. The van der Waals surface area contributed by atoms with E-state index in [1.54, 1.807) is 6.92 Å². The quantitative estimate of drug-likeness (QED) is 0.836. The molecule has 4 rings (SSSR count). The molecule has 0 aliphatic carbocycles. The molecule has 7 heteroatoms. The number of morpholine rings is 1. The number of hydrogen-bond donors (Lipinski definition) is 0. The summed E-state index contributed by atoms with van der Waals surface area (Å²) in [6.45, 7) is 6.74. The number of para-hydroxylation sites is 1. The Morgan fingerprint density at radius 1 is 1.27 bits per heavy atom. The van der Waals surface area contributed by atoms with Crippen LogP contribution in [0, 0.1) is 6.92 Å². The molecule has 1 aromatic heterocycles. The summed E-state index contributed by atoms with van der Waals surface area (Å²) in [6.07, 6.45) is 1.26. The number of amides is 1. The average molecular weight is 356 g/mol. The third-order valence-corrected chi connectivity index (χ3v) is 4.98. The molecule has 2 aliphatic heterocycles. The van der Waals surface area contributed by atoms with Gasteiger partial charge in [0.05, 0.1) is 6.10 Å². The van der Waals surface area contributed by atoms with E-state index in [9.17, 15) is 4.79 Å². The van der Waals surface area contributed by atoms with E-state index in [2.05, 4.69) is 21.2 Å². The summed E-state index contributed by atoms with van der Waals surface area (Å²) < 4.78 is 11.5. The number of rotatable bonds is 4. The second-order valence-corrected chi connectivity index (χ2v) is 7.03. The van der Waals surface area contributed by atoms with Gasteiger partial charge in [-0.05, 0) is 25.0 Å². The highest BCUT2D eigenvalue weighted by Gasteiger charge is 2.31. The van der Waals surface area contributed by atoms with Crippen LogP contribution in [0.2, 0.25) is 0 Å². The largest absolute Gasteiger partial charge is 0.423 e. The standard InChI is InChI=1S/C19H24N4O3/c1-13-11-22(12-17(25-13)19-21-20-14(2)26-19)9-8-18(24)23-10-7-15-5-3-4-6-16(15)23/h3-6,13,17H,7-12H2,1-2H3/t13-,17-/m1/s1. The molecule has 0 unspecified atom stereocenters. The minimum Gasteiger partial charge on any atom is -0.423 e. The molecule has 0 bridgehead atoms. The maximum absolute atomic E-state index is 12.7. The number of hydrogen-bond acceptors (Lipinski definition) is 6. The van der Waals surface area contributed by atoms with Crippen LogP contribution in [-0.4, -0.2) is 53.3 Å². The summed E-state index contributed by atoms with van der Waals surface area (Å²) >= 11 is 0. The van der Waals surface area contributed by atoms with Gasteiger partial charge in [-0.1, -0.05) is 18.2 Å². The van der Waals surface area contributed by atoms with Gasteiger partial charge in [-0.25, -0.2) is 0 Å². The van der Waals surface area contributed by atoms with Gasteiger partial charge in [-0.2, -0.15) is 0 Å². The van der Waals surface area contributed by atoms with E-state index in [0.29, 0.717) is 31.3 Å². The van der Waals surface area contributed by atoms with Gasteiger partial charge in [0.1, 0.15) is 6.10 Å². The highest BCUT2D eigenvalue weighted by molar-refractivity contribution is 5.95. The van der Waals surface area contributed by atoms with Crippen molar-refractivity contribution in [2.45, 2.75) is 38.9 Å². The van der Waals surface area contributed by atoms with Gasteiger partial charge in [0, 0.05) is 45.2 Å². The monoisotopic (exact) mass is 356 g/mol. The molecule has 2 atom stereocenters. The second kappa shape index (κ2) is 7.17. The van der Waals surface area contributed by atoms with Crippen LogP contribution in [0.4, 0.5) is 5.69 Å². The number of ether oxygens (including phenoxy) is 1. The van der Waals surface area contributed by atoms with E-state index in [4.69, 9.17) is 9.15 Å². The molecule has 0 N–H and O–H groups in total. The molecule has 0 radical (unpaired) electrons. The van der Waals surface area contributed by atoms with Crippen molar-refractivity contribution in [2.24, 2.45) is 0 Å². The first-order valence-electron chi connectivity index (χ1n) is 9.16. The van der Waals surface area contributed by atoms with Crippen molar-refractivity contribution < 1.29 is 13.9 Å². The number of fused-ring (bicyclic) bond motifs is 1. The van der Waals surface area contributed by atoms with Crippen LogP contribution in [0.25, 0.3) is 0 Å². The molecule has 138 valence electrons.